The highest BCUT2D eigenvalue weighted by Gasteiger charge is 2.23. The van der Waals surface area contributed by atoms with Gasteiger partial charge in [-0.1, -0.05) is 13.3 Å². The van der Waals surface area contributed by atoms with E-state index in [-0.39, 0.29) is 26.4 Å². The van der Waals surface area contributed by atoms with Crippen molar-refractivity contribution in [2.45, 2.75) is 39.5 Å². The molecule has 210 valence electrons. The number of nitriles is 1. The average Bonchev–Trinajstić information content (AvgIpc) is 3.60. The Morgan fingerprint density at radius 1 is 1.12 bits per heavy atom. The van der Waals surface area contributed by atoms with E-state index in [2.05, 4.69) is 6.92 Å². The summed E-state index contributed by atoms with van der Waals surface area (Å²) >= 11 is 0. The molecule has 0 saturated carbocycles. The molecule has 2 heterocycles. The minimum Gasteiger partial charge on any atom is -0.497 e. The van der Waals surface area contributed by atoms with Gasteiger partial charge in [-0.3, -0.25) is 4.57 Å². The molecule has 1 aliphatic heterocycles. The second kappa shape index (κ2) is 13.4. The van der Waals surface area contributed by atoms with Gasteiger partial charge in [0.2, 0.25) is 6.79 Å². The van der Waals surface area contributed by atoms with E-state index in [1.54, 1.807) is 45.5 Å². The zero-order valence-electron chi connectivity index (χ0n) is 23.2. The number of aromatic nitrogens is 2. The third kappa shape index (κ3) is 6.31. The Morgan fingerprint density at radius 2 is 1.93 bits per heavy atom. The molecule has 0 fully saturated rings. The molecule has 3 aromatic rings. The average molecular weight is 548 g/mol. The van der Waals surface area contributed by atoms with E-state index in [4.69, 9.17) is 38.7 Å². The van der Waals surface area contributed by atoms with Crippen molar-refractivity contribution >= 4 is 12.0 Å². The number of benzene rings is 2. The van der Waals surface area contributed by atoms with Crippen LogP contribution in [0.5, 0.6) is 28.7 Å². The third-order valence-corrected chi connectivity index (χ3v) is 6.33. The van der Waals surface area contributed by atoms with E-state index in [1.165, 1.54) is 0 Å². The maximum atomic E-state index is 13.2. The first kappa shape index (κ1) is 28.4. The SMILES string of the molecule is CCCCc1ncc(C=C(Cc2cc3c(cc2OC)OCO3)C(=O)OCC)n1-c1ccc(OC)cc1OCC#N. The molecule has 0 radical (unpaired) electrons. The Kier molecular flexibility index (Phi) is 9.52. The van der Waals surface area contributed by atoms with Crippen LogP contribution in [0.25, 0.3) is 11.8 Å². The monoisotopic (exact) mass is 547 g/mol. The van der Waals surface area contributed by atoms with E-state index in [1.807, 2.05) is 28.8 Å². The summed E-state index contributed by atoms with van der Waals surface area (Å²) in [7, 11) is 3.13. The Labute approximate surface area is 233 Å². The lowest BCUT2D eigenvalue weighted by Crippen LogP contribution is -2.12. The van der Waals surface area contributed by atoms with Crippen LogP contribution in [-0.2, 0) is 22.4 Å². The molecular weight excluding hydrogens is 514 g/mol. The summed E-state index contributed by atoms with van der Waals surface area (Å²) in [5.41, 5.74) is 2.47. The first-order valence-electron chi connectivity index (χ1n) is 13.1. The number of aryl methyl sites for hydroxylation is 1. The van der Waals surface area contributed by atoms with Crippen LogP contribution in [0.3, 0.4) is 0 Å². The van der Waals surface area contributed by atoms with Crippen LogP contribution < -0.4 is 23.7 Å². The van der Waals surface area contributed by atoms with Crippen molar-refractivity contribution in [3.63, 3.8) is 0 Å². The quantitative estimate of drug-likeness (QED) is 0.214. The Morgan fingerprint density at radius 3 is 2.62 bits per heavy atom. The lowest BCUT2D eigenvalue weighted by atomic mass is 10.0. The molecule has 1 aromatic heterocycles. The lowest BCUT2D eigenvalue weighted by Gasteiger charge is -2.17. The largest absolute Gasteiger partial charge is 0.497 e. The molecule has 10 heteroatoms. The predicted molar refractivity (Wildman–Crippen MR) is 147 cm³/mol. The van der Waals surface area contributed by atoms with Gasteiger partial charge < -0.3 is 28.4 Å². The van der Waals surface area contributed by atoms with Gasteiger partial charge >= 0.3 is 5.97 Å². The van der Waals surface area contributed by atoms with Gasteiger partial charge in [-0.15, -0.1) is 0 Å². The number of ether oxygens (including phenoxy) is 6. The van der Waals surface area contributed by atoms with Crippen molar-refractivity contribution in [1.82, 2.24) is 9.55 Å². The van der Waals surface area contributed by atoms with Gasteiger partial charge in [-0.2, -0.15) is 5.26 Å². The van der Waals surface area contributed by atoms with Crippen molar-refractivity contribution in [1.29, 1.82) is 5.26 Å². The van der Waals surface area contributed by atoms with Crippen LogP contribution in [-0.4, -0.2) is 49.7 Å². The Hall–Kier alpha value is -4.65. The molecule has 1 aliphatic rings. The molecule has 10 nitrogen and oxygen atoms in total. The van der Waals surface area contributed by atoms with Crippen molar-refractivity contribution < 1.29 is 33.2 Å². The van der Waals surface area contributed by atoms with Crippen molar-refractivity contribution in [3.05, 3.63) is 59.2 Å². The van der Waals surface area contributed by atoms with Crippen molar-refractivity contribution in [3.8, 4) is 40.5 Å². The summed E-state index contributed by atoms with van der Waals surface area (Å²) in [5.74, 6) is 3.13. The fraction of sp³-hybridized carbons (Fsp3) is 0.367. The highest BCUT2D eigenvalue weighted by Crippen LogP contribution is 2.39. The first-order chi connectivity index (χ1) is 19.5. The second-order valence-corrected chi connectivity index (χ2v) is 8.90. The van der Waals surface area contributed by atoms with Crippen molar-refractivity contribution in [2.24, 2.45) is 0 Å². The highest BCUT2D eigenvalue weighted by molar-refractivity contribution is 5.94. The predicted octanol–water partition coefficient (Wildman–Crippen LogP) is 5.05. The minimum absolute atomic E-state index is 0.125. The number of rotatable bonds is 13. The number of esters is 1. The van der Waals surface area contributed by atoms with Crippen LogP contribution in [0.15, 0.2) is 42.1 Å². The van der Waals surface area contributed by atoms with Gasteiger partial charge in [0.15, 0.2) is 18.1 Å². The first-order valence-corrected chi connectivity index (χ1v) is 13.1. The van der Waals surface area contributed by atoms with Crippen LogP contribution in [0.1, 0.15) is 43.8 Å². The fourth-order valence-electron chi connectivity index (χ4n) is 4.41. The molecule has 0 amide bonds. The van der Waals surface area contributed by atoms with Gasteiger partial charge in [0.25, 0.3) is 0 Å². The lowest BCUT2D eigenvalue weighted by molar-refractivity contribution is -0.138. The topological polar surface area (TPSA) is 114 Å². The normalized spacial score (nSPS) is 12.1. The van der Waals surface area contributed by atoms with E-state index < -0.39 is 5.97 Å². The summed E-state index contributed by atoms with van der Waals surface area (Å²) < 4.78 is 35.2. The van der Waals surface area contributed by atoms with E-state index in [0.717, 1.165) is 24.2 Å². The third-order valence-electron chi connectivity index (χ3n) is 6.33. The number of carbonyl (C=O) groups excluding carboxylic acids is 1. The number of carbonyl (C=O) groups is 1. The summed E-state index contributed by atoms with van der Waals surface area (Å²) in [6.07, 6.45) is 6.32. The van der Waals surface area contributed by atoms with Crippen LogP contribution in [0, 0.1) is 11.3 Å². The highest BCUT2D eigenvalue weighted by atomic mass is 16.7. The molecule has 0 N–H and O–H groups in total. The van der Waals surface area contributed by atoms with Gasteiger partial charge in [0.05, 0.1) is 38.4 Å². The van der Waals surface area contributed by atoms with Gasteiger partial charge in [-0.25, -0.2) is 9.78 Å². The number of imidazole rings is 1. The molecule has 0 unspecified atom stereocenters. The van der Waals surface area contributed by atoms with Crippen LogP contribution >= 0.6 is 0 Å². The number of hydrogen-bond acceptors (Lipinski definition) is 9. The zero-order chi connectivity index (χ0) is 28.5. The molecule has 2 aromatic carbocycles. The van der Waals surface area contributed by atoms with Gasteiger partial charge in [0, 0.05) is 36.1 Å². The molecule has 0 atom stereocenters. The van der Waals surface area contributed by atoms with E-state index in [9.17, 15) is 4.79 Å². The number of unbranched alkanes of at least 4 members (excludes halogenated alkanes) is 1. The molecular formula is C30H33N3O7. The molecule has 4 rings (SSSR count). The number of nitrogens with zero attached hydrogens (tertiary/aromatic N) is 3. The number of fused-ring (bicyclic) bond motifs is 1. The Bertz CT molecular complexity index is 1420. The fourth-order valence-corrected chi connectivity index (χ4v) is 4.41. The Balaban J connectivity index is 1.84. The summed E-state index contributed by atoms with van der Waals surface area (Å²) in [6.45, 7) is 4.09. The van der Waals surface area contributed by atoms with Crippen LogP contribution in [0.2, 0.25) is 0 Å². The van der Waals surface area contributed by atoms with E-state index in [0.29, 0.717) is 52.1 Å². The standard InChI is InChI=1S/C30H33N3O7/c1-5-7-8-29-32-18-22(33(29)24-10-9-23(35-3)16-26(24)38-12-11-31)14-21(30(34)37-6-2)13-20-15-27-28(40-19-39-27)17-25(20)36-4/h9-10,14-18H,5-8,12-13,19H2,1-4H3. The smallest absolute Gasteiger partial charge is 0.334 e. The van der Waals surface area contributed by atoms with Gasteiger partial charge in [-0.05, 0) is 37.6 Å². The molecule has 0 spiro atoms. The molecule has 0 aliphatic carbocycles. The maximum Gasteiger partial charge on any atom is 0.334 e. The zero-order valence-corrected chi connectivity index (χ0v) is 23.2. The molecule has 0 saturated heterocycles. The summed E-state index contributed by atoms with van der Waals surface area (Å²) in [4.78, 5) is 17.9. The number of methoxy groups -OCH3 is 2. The van der Waals surface area contributed by atoms with Crippen molar-refractivity contribution in [2.75, 3.05) is 34.2 Å². The molecule has 40 heavy (non-hydrogen) atoms. The number of hydrogen-bond donors (Lipinski definition) is 0. The summed E-state index contributed by atoms with van der Waals surface area (Å²) in [5, 5.41) is 9.16. The summed E-state index contributed by atoms with van der Waals surface area (Å²) in [6, 6.07) is 11.0. The minimum atomic E-state index is -0.458. The maximum absolute atomic E-state index is 13.2. The molecule has 0 bridgehead atoms. The van der Waals surface area contributed by atoms with Gasteiger partial charge in [0.1, 0.15) is 29.1 Å². The van der Waals surface area contributed by atoms with E-state index >= 15 is 0 Å². The van der Waals surface area contributed by atoms with Crippen LogP contribution in [0.4, 0.5) is 0 Å². The second-order valence-electron chi connectivity index (χ2n) is 8.90.